The molecule has 1 aromatic heterocycles. The lowest BCUT2D eigenvalue weighted by Crippen LogP contribution is -2.44. The molecule has 2 aromatic carbocycles. The number of carbonyl (C=O) groups excluding carboxylic acids is 2. The Morgan fingerprint density at radius 1 is 0.875 bits per heavy atom. The molecule has 0 spiro atoms. The molecule has 1 fully saturated rings. The quantitative estimate of drug-likeness (QED) is 0.539. The number of nitrogens with one attached hydrogen (secondary N) is 1. The second-order valence-electron chi connectivity index (χ2n) is 7.13. The highest BCUT2D eigenvalue weighted by Crippen LogP contribution is 2.25. The van der Waals surface area contributed by atoms with E-state index in [1.54, 1.807) is 53.4 Å². The number of ether oxygens (including phenoxy) is 1. The van der Waals surface area contributed by atoms with Crippen LogP contribution in [0.3, 0.4) is 0 Å². The number of benzene rings is 2. The normalized spacial score (nSPS) is 14.3. The molecule has 1 N–H and O–H groups in total. The standard InChI is InChI=1S/C24H20Cl2N2O4/c25-18-5-1-16(2-6-18)22-10-9-20(32-22)15-21(24(30)28-11-13-31-14-12-28)27-23(29)17-3-7-19(26)8-4-17/h1-10,15H,11-14H2,(H,27,29). The number of nitrogens with zero attached hydrogens (tertiary/aromatic N) is 1. The highest BCUT2D eigenvalue weighted by atomic mass is 35.5. The Labute approximate surface area is 195 Å². The molecule has 2 heterocycles. The fraction of sp³-hybridized carbons (Fsp3) is 0.167. The summed E-state index contributed by atoms with van der Waals surface area (Å²) in [5.41, 5.74) is 1.35. The van der Waals surface area contributed by atoms with Gasteiger partial charge in [-0.05, 0) is 60.7 Å². The Morgan fingerprint density at radius 3 is 2.16 bits per heavy atom. The average Bonchev–Trinajstić information content (AvgIpc) is 3.28. The zero-order chi connectivity index (χ0) is 22.5. The molecule has 0 unspecified atom stereocenters. The van der Waals surface area contributed by atoms with E-state index in [4.69, 9.17) is 32.4 Å². The average molecular weight is 471 g/mol. The van der Waals surface area contributed by atoms with E-state index in [0.717, 1.165) is 5.56 Å². The zero-order valence-corrected chi connectivity index (χ0v) is 18.5. The Morgan fingerprint density at radius 2 is 1.50 bits per heavy atom. The van der Waals surface area contributed by atoms with E-state index in [2.05, 4.69) is 5.32 Å². The van der Waals surface area contributed by atoms with Crippen LogP contribution in [0, 0.1) is 0 Å². The van der Waals surface area contributed by atoms with Gasteiger partial charge < -0.3 is 19.4 Å². The first-order valence-corrected chi connectivity index (χ1v) is 10.8. The molecule has 3 aromatic rings. The molecule has 164 valence electrons. The second-order valence-corrected chi connectivity index (χ2v) is 8.01. The molecule has 0 atom stereocenters. The summed E-state index contributed by atoms with van der Waals surface area (Å²) < 4.78 is 11.2. The van der Waals surface area contributed by atoms with Crippen LogP contribution in [-0.2, 0) is 9.53 Å². The number of amides is 2. The summed E-state index contributed by atoms with van der Waals surface area (Å²) in [6.45, 7) is 1.79. The highest BCUT2D eigenvalue weighted by Gasteiger charge is 2.23. The van der Waals surface area contributed by atoms with Crippen molar-refractivity contribution in [3.8, 4) is 11.3 Å². The van der Waals surface area contributed by atoms with Crippen LogP contribution in [0.4, 0.5) is 0 Å². The Bertz CT molecular complexity index is 1130. The van der Waals surface area contributed by atoms with Crippen molar-refractivity contribution in [2.75, 3.05) is 26.3 Å². The summed E-state index contributed by atoms with van der Waals surface area (Å²) in [5.74, 6) is 0.331. The molecular weight excluding hydrogens is 451 g/mol. The van der Waals surface area contributed by atoms with E-state index in [1.807, 2.05) is 12.1 Å². The molecule has 4 rings (SSSR count). The summed E-state index contributed by atoms with van der Waals surface area (Å²) in [7, 11) is 0. The molecule has 6 nitrogen and oxygen atoms in total. The smallest absolute Gasteiger partial charge is 0.270 e. The minimum atomic E-state index is -0.418. The van der Waals surface area contributed by atoms with Crippen molar-refractivity contribution < 1.29 is 18.7 Å². The maximum Gasteiger partial charge on any atom is 0.270 e. The molecule has 2 amide bonds. The van der Waals surface area contributed by atoms with Crippen LogP contribution in [0.2, 0.25) is 10.0 Å². The van der Waals surface area contributed by atoms with Gasteiger partial charge in [-0.3, -0.25) is 9.59 Å². The van der Waals surface area contributed by atoms with Gasteiger partial charge in [-0.25, -0.2) is 0 Å². The molecule has 0 bridgehead atoms. The van der Waals surface area contributed by atoms with Gasteiger partial charge in [0.2, 0.25) is 0 Å². The number of hydrogen-bond acceptors (Lipinski definition) is 4. The lowest BCUT2D eigenvalue weighted by molar-refractivity contribution is -0.131. The maximum atomic E-state index is 13.1. The maximum absolute atomic E-state index is 13.1. The first-order chi connectivity index (χ1) is 15.5. The lowest BCUT2D eigenvalue weighted by atomic mass is 10.2. The van der Waals surface area contributed by atoms with Gasteiger partial charge in [0.1, 0.15) is 17.2 Å². The summed E-state index contributed by atoms with van der Waals surface area (Å²) in [6, 6.07) is 17.2. The summed E-state index contributed by atoms with van der Waals surface area (Å²) in [6.07, 6.45) is 1.53. The van der Waals surface area contributed by atoms with Crippen LogP contribution in [0.15, 0.2) is 70.8 Å². The minimum Gasteiger partial charge on any atom is -0.457 e. The van der Waals surface area contributed by atoms with Crippen molar-refractivity contribution in [1.82, 2.24) is 10.2 Å². The van der Waals surface area contributed by atoms with Crippen molar-refractivity contribution in [3.63, 3.8) is 0 Å². The Kier molecular flexibility index (Phi) is 6.95. The Balaban J connectivity index is 1.61. The van der Waals surface area contributed by atoms with Crippen LogP contribution in [0.1, 0.15) is 16.1 Å². The molecular formula is C24H20Cl2N2O4. The van der Waals surface area contributed by atoms with E-state index < -0.39 is 5.91 Å². The molecule has 32 heavy (non-hydrogen) atoms. The molecule has 0 aliphatic carbocycles. The van der Waals surface area contributed by atoms with Crippen molar-refractivity contribution >= 4 is 41.1 Å². The first kappa shape index (κ1) is 22.1. The summed E-state index contributed by atoms with van der Waals surface area (Å²) >= 11 is 11.9. The van der Waals surface area contributed by atoms with Crippen molar-refractivity contribution in [1.29, 1.82) is 0 Å². The molecule has 8 heteroatoms. The first-order valence-electron chi connectivity index (χ1n) is 10.0. The molecule has 1 saturated heterocycles. The van der Waals surface area contributed by atoms with Crippen LogP contribution in [0.5, 0.6) is 0 Å². The van der Waals surface area contributed by atoms with Crippen molar-refractivity contribution in [3.05, 3.63) is 87.7 Å². The molecule has 0 saturated carbocycles. The van der Waals surface area contributed by atoms with E-state index in [9.17, 15) is 9.59 Å². The van der Waals surface area contributed by atoms with Gasteiger partial charge in [0.15, 0.2) is 0 Å². The van der Waals surface area contributed by atoms with Crippen LogP contribution in [-0.4, -0.2) is 43.0 Å². The van der Waals surface area contributed by atoms with Crippen LogP contribution >= 0.6 is 23.2 Å². The molecule has 1 aliphatic heterocycles. The number of halogens is 2. The molecule has 1 aliphatic rings. The number of carbonyl (C=O) groups is 2. The third-order valence-corrected chi connectivity index (χ3v) is 5.43. The van der Waals surface area contributed by atoms with Gasteiger partial charge in [0.25, 0.3) is 11.8 Å². The SMILES string of the molecule is O=C(NC(=Cc1ccc(-c2ccc(Cl)cc2)o1)C(=O)N1CCOCC1)c1ccc(Cl)cc1. The second kappa shape index (κ2) is 10.0. The van der Waals surface area contributed by atoms with E-state index in [1.165, 1.54) is 6.08 Å². The number of furan rings is 1. The van der Waals surface area contributed by atoms with E-state index in [-0.39, 0.29) is 11.6 Å². The highest BCUT2D eigenvalue weighted by molar-refractivity contribution is 6.31. The number of hydrogen-bond donors (Lipinski definition) is 1. The minimum absolute atomic E-state index is 0.115. The molecule has 0 radical (unpaired) electrons. The third-order valence-electron chi connectivity index (χ3n) is 4.93. The Hall–Kier alpha value is -3.06. The predicted molar refractivity (Wildman–Crippen MR) is 123 cm³/mol. The topological polar surface area (TPSA) is 71.8 Å². The zero-order valence-electron chi connectivity index (χ0n) is 17.0. The third kappa shape index (κ3) is 5.40. The van der Waals surface area contributed by atoms with Gasteiger partial charge >= 0.3 is 0 Å². The lowest BCUT2D eigenvalue weighted by Gasteiger charge is -2.27. The van der Waals surface area contributed by atoms with Gasteiger partial charge in [0, 0.05) is 40.3 Å². The van der Waals surface area contributed by atoms with Crippen LogP contribution in [0.25, 0.3) is 17.4 Å². The van der Waals surface area contributed by atoms with Crippen molar-refractivity contribution in [2.45, 2.75) is 0 Å². The van der Waals surface area contributed by atoms with E-state index in [0.29, 0.717) is 53.4 Å². The van der Waals surface area contributed by atoms with E-state index >= 15 is 0 Å². The summed E-state index contributed by atoms with van der Waals surface area (Å²) in [5, 5.41) is 3.87. The van der Waals surface area contributed by atoms with Crippen LogP contribution < -0.4 is 5.32 Å². The predicted octanol–water partition coefficient (Wildman–Crippen LogP) is 4.88. The van der Waals surface area contributed by atoms with Gasteiger partial charge in [-0.2, -0.15) is 0 Å². The monoisotopic (exact) mass is 470 g/mol. The van der Waals surface area contributed by atoms with Gasteiger partial charge in [0.05, 0.1) is 13.2 Å². The van der Waals surface area contributed by atoms with Gasteiger partial charge in [-0.1, -0.05) is 23.2 Å². The number of rotatable bonds is 5. The fourth-order valence-electron chi connectivity index (χ4n) is 3.23. The fourth-order valence-corrected chi connectivity index (χ4v) is 3.48. The largest absolute Gasteiger partial charge is 0.457 e. The number of morpholine rings is 1. The van der Waals surface area contributed by atoms with Crippen molar-refractivity contribution in [2.24, 2.45) is 0 Å². The van der Waals surface area contributed by atoms with Gasteiger partial charge in [-0.15, -0.1) is 0 Å². The summed E-state index contributed by atoms with van der Waals surface area (Å²) in [4.78, 5) is 27.6.